The van der Waals surface area contributed by atoms with Gasteiger partial charge in [0.25, 0.3) is 5.91 Å². The van der Waals surface area contributed by atoms with Crippen molar-refractivity contribution in [3.63, 3.8) is 0 Å². The summed E-state index contributed by atoms with van der Waals surface area (Å²) in [4.78, 5) is 25.9. The van der Waals surface area contributed by atoms with Gasteiger partial charge < -0.3 is 10.2 Å². The molecule has 1 N–H and O–H groups in total. The Morgan fingerprint density at radius 1 is 1.12 bits per heavy atom. The van der Waals surface area contributed by atoms with Crippen molar-refractivity contribution in [2.45, 2.75) is 39.5 Å². The van der Waals surface area contributed by atoms with Gasteiger partial charge in [-0.2, -0.15) is 0 Å². The summed E-state index contributed by atoms with van der Waals surface area (Å²) in [5, 5.41) is 2.95. The monoisotopic (exact) mass is 336 g/mol. The zero-order chi connectivity index (χ0) is 17.8. The van der Waals surface area contributed by atoms with E-state index < -0.39 is 0 Å². The second-order valence-corrected chi connectivity index (χ2v) is 6.52. The molecule has 0 unspecified atom stereocenters. The van der Waals surface area contributed by atoms with E-state index >= 15 is 0 Å². The van der Waals surface area contributed by atoms with Gasteiger partial charge in [0.1, 0.15) is 0 Å². The van der Waals surface area contributed by atoms with Crippen molar-refractivity contribution in [3.8, 4) is 0 Å². The van der Waals surface area contributed by atoms with Crippen LogP contribution in [0.1, 0.15) is 48.2 Å². The first-order chi connectivity index (χ1) is 12.1. The number of benzene rings is 2. The zero-order valence-electron chi connectivity index (χ0n) is 14.8. The van der Waals surface area contributed by atoms with Gasteiger partial charge in [-0.25, -0.2) is 0 Å². The Morgan fingerprint density at radius 2 is 1.88 bits per heavy atom. The molecule has 0 aliphatic carbocycles. The van der Waals surface area contributed by atoms with E-state index in [1.165, 1.54) is 18.4 Å². The number of carbonyl (C=O) groups is 2. The summed E-state index contributed by atoms with van der Waals surface area (Å²) in [5.41, 5.74) is 4.69. The Labute approximate surface area is 148 Å². The van der Waals surface area contributed by atoms with Crippen LogP contribution < -0.4 is 10.2 Å². The van der Waals surface area contributed by atoms with Crippen LogP contribution in [0.15, 0.2) is 42.5 Å². The molecule has 3 rings (SSSR count). The van der Waals surface area contributed by atoms with E-state index in [2.05, 4.69) is 24.4 Å². The number of hydrogen-bond acceptors (Lipinski definition) is 2. The highest BCUT2D eigenvalue weighted by Gasteiger charge is 2.23. The molecule has 1 aliphatic rings. The van der Waals surface area contributed by atoms with Crippen LogP contribution in [0.2, 0.25) is 0 Å². The summed E-state index contributed by atoms with van der Waals surface area (Å²) in [7, 11) is 0. The highest BCUT2D eigenvalue weighted by atomic mass is 16.2. The lowest BCUT2D eigenvalue weighted by atomic mass is 10.1. The van der Waals surface area contributed by atoms with Crippen LogP contribution in [0.3, 0.4) is 0 Å². The van der Waals surface area contributed by atoms with E-state index in [4.69, 9.17) is 0 Å². The number of fused-ring (bicyclic) bond motifs is 1. The third-order valence-corrected chi connectivity index (χ3v) is 4.65. The summed E-state index contributed by atoms with van der Waals surface area (Å²) >= 11 is 0. The molecule has 0 saturated heterocycles. The van der Waals surface area contributed by atoms with Crippen molar-refractivity contribution in [3.05, 3.63) is 59.2 Å². The van der Waals surface area contributed by atoms with Gasteiger partial charge in [0, 0.05) is 30.4 Å². The SMILES string of the molecule is CCCCc1ccc(NC(=O)c2ccc3c(c2)CCN3C(C)=O)cc1. The fourth-order valence-corrected chi connectivity index (χ4v) is 3.21. The van der Waals surface area contributed by atoms with E-state index in [0.717, 1.165) is 29.8 Å². The lowest BCUT2D eigenvalue weighted by Crippen LogP contribution is -2.25. The quantitative estimate of drug-likeness (QED) is 0.890. The van der Waals surface area contributed by atoms with Gasteiger partial charge in [-0.1, -0.05) is 25.5 Å². The molecule has 4 nitrogen and oxygen atoms in total. The molecular formula is C21H24N2O2. The van der Waals surface area contributed by atoms with Gasteiger partial charge in [0.05, 0.1) is 0 Å². The van der Waals surface area contributed by atoms with E-state index in [0.29, 0.717) is 12.1 Å². The van der Waals surface area contributed by atoms with Crippen molar-refractivity contribution in [1.29, 1.82) is 0 Å². The molecular weight excluding hydrogens is 312 g/mol. The van der Waals surface area contributed by atoms with Crippen LogP contribution in [-0.4, -0.2) is 18.4 Å². The highest BCUT2D eigenvalue weighted by molar-refractivity contribution is 6.05. The summed E-state index contributed by atoms with van der Waals surface area (Å²) in [5.74, 6) is -0.0792. The summed E-state index contributed by atoms with van der Waals surface area (Å²) in [6, 6.07) is 13.6. The van der Waals surface area contributed by atoms with Crippen LogP contribution >= 0.6 is 0 Å². The predicted octanol–water partition coefficient (Wildman–Crippen LogP) is 4.19. The number of anilines is 2. The third kappa shape index (κ3) is 3.90. The van der Waals surface area contributed by atoms with Crippen molar-refractivity contribution in [2.24, 2.45) is 0 Å². The number of nitrogens with zero attached hydrogens (tertiary/aromatic N) is 1. The molecule has 0 atom stereocenters. The van der Waals surface area contributed by atoms with Gasteiger partial charge in [-0.05, 0) is 60.7 Å². The fraction of sp³-hybridized carbons (Fsp3) is 0.333. The Bertz CT molecular complexity index is 781. The first-order valence-electron chi connectivity index (χ1n) is 8.90. The average Bonchev–Trinajstić information content (AvgIpc) is 3.04. The Balaban J connectivity index is 1.69. The minimum Gasteiger partial charge on any atom is -0.322 e. The van der Waals surface area contributed by atoms with E-state index in [1.807, 2.05) is 24.3 Å². The lowest BCUT2D eigenvalue weighted by Gasteiger charge is -2.14. The van der Waals surface area contributed by atoms with Crippen molar-refractivity contribution >= 4 is 23.2 Å². The number of carbonyl (C=O) groups excluding carboxylic acids is 2. The number of aryl methyl sites for hydroxylation is 1. The molecule has 0 radical (unpaired) electrons. The van der Waals surface area contributed by atoms with Crippen LogP contribution in [0.25, 0.3) is 0 Å². The first kappa shape index (κ1) is 17.2. The van der Waals surface area contributed by atoms with Gasteiger partial charge in [0.2, 0.25) is 5.91 Å². The Kier molecular flexibility index (Phi) is 5.17. The summed E-state index contributed by atoms with van der Waals surface area (Å²) in [6.07, 6.45) is 4.22. The second-order valence-electron chi connectivity index (χ2n) is 6.52. The third-order valence-electron chi connectivity index (χ3n) is 4.65. The maximum Gasteiger partial charge on any atom is 0.255 e. The second kappa shape index (κ2) is 7.51. The molecule has 0 spiro atoms. The lowest BCUT2D eigenvalue weighted by molar-refractivity contribution is -0.116. The van der Waals surface area contributed by atoms with Crippen LogP contribution in [0.4, 0.5) is 11.4 Å². The van der Waals surface area contributed by atoms with Crippen molar-refractivity contribution < 1.29 is 9.59 Å². The van der Waals surface area contributed by atoms with Crippen molar-refractivity contribution in [2.75, 3.05) is 16.8 Å². The van der Waals surface area contributed by atoms with Crippen LogP contribution in [-0.2, 0) is 17.6 Å². The first-order valence-corrected chi connectivity index (χ1v) is 8.90. The van der Waals surface area contributed by atoms with Crippen molar-refractivity contribution in [1.82, 2.24) is 0 Å². The standard InChI is InChI=1S/C21H24N2O2/c1-3-4-5-16-6-9-19(10-7-16)22-21(25)18-8-11-20-17(14-18)12-13-23(20)15(2)24/h6-11,14H,3-5,12-13H2,1-2H3,(H,22,25). The maximum absolute atomic E-state index is 12.5. The van der Waals surface area contributed by atoms with Gasteiger partial charge >= 0.3 is 0 Å². The summed E-state index contributed by atoms with van der Waals surface area (Å²) in [6.45, 7) is 4.44. The number of rotatable bonds is 5. The molecule has 1 aliphatic heterocycles. The molecule has 1 heterocycles. The van der Waals surface area contributed by atoms with Gasteiger partial charge in [0.15, 0.2) is 0 Å². The van der Waals surface area contributed by atoms with Gasteiger partial charge in [-0.15, -0.1) is 0 Å². The molecule has 2 amide bonds. The smallest absolute Gasteiger partial charge is 0.255 e. The minimum atomic E-state index is -0.120. The van der Waals surface area contributed by atoms with Crippen LogP contribution in [0.5, 0.6) is 0 Å². The molecule has 4 heteroatoms. The molecule has 25 heavy (non-hydrogen) atoms. The highest BCUT2D eigenvalue weighted by Crippen LogP contribution is 2.29. The molecule has 130 valence electrons. The number of amides is 2. The molecule has 0 bridgehead atoms. The average molecular weight is 336 g/mol. The predicted molar refractivity (Wildman–Crippen MR) is 101 cm³/mol. The normalized spacial score (nSPS) is 12.8. The molecule has 0 fully saturated rings. The maximum atomic E-state index is 12.5. The Hall–Kier alpha value is -2.62. The molecule has 2 aromatic carbocycles. The van der Waals surface area contributed by atoms with E-state index in [9.17, 15) is 9.59 Å². The zero-order valence-corrected chi connectivity index (χ0v) is 14.8. The van der Waals surface area contributed by atoms with Crippen LogP contribution in [0, 0.1) is 0 Å². The van der Waals surface area contributed by atoms with Gasteiger partial charge in [-0.3, -0.25) is 9.59 Å². The molecule has 2 aromatic rings. The summed E-state index contributed by atoms with van der Waals surface area (Å²) < 4.78 is 0. The fourth-order valence-electron chi connectivity index (χ4n) is 3.21. The number of nitrogens with one attached hydrogen (secondary N) is 1. The number of hydrogen-bond donors (Lipinski definition) is 1. The molecule has 0 aromatic heterocycles. The molecule has 0 saturated carbocycles. The minimum absolute atomic E-state index is 0.0408. The topological polar surface area (TPSA) is 49.4 Å². The largest absolute Gasteiger partial charge is 0.322 e. The van der Waals surface area contributed by atoms with E-state index in [1.54, 1.807) is 17.9 Å². The Morgan fingerprint density at radius 3 is 2.56 bits per heavy atom. The van der Waals surface area contributed by atoms with E-state index in [-0.39, 0.29) is 11.8 Å². The number of unbranched alkanes of at least 4 members (excludes halogenated alkanes) is 1.